The molecule has 0 spiro atoms. The van der Waals surface area contributed by atoms with Crippen molar-refractivity contribution < 1.29 is 4.39 Å². The number of benzene rings is 1. The van der Waals surface area contributed by atoms with E-state index in [9.17, 15) is 4.39 Å². The quantitative estimate of drug-likeness (QED) is 0.323. The minimum absolute atomic E-state index is 0. The number of aromatic nitrogens is 2. The van der Waals surface area contributed by atoms with E-state index in [0.717, 1.165) is 29.9 Å². The molecule has 7 heteroatoms. The third kappa shape index (κ3) is 5.66. The molecule has 0 radical (unpaired) electrons. The summed E-state index contributed by atoms with van der Waals surface area (Å²) in [6.45, 7) is 3.40. The SMILES string of the molecule is CN=C(NCCc1cn2cccc(C)c2n1)NCCc1ccccc1F.I. The number of nitrogens with zero attached hydrogens (tertiary/aromatic N) is 3. The largest absolute Gasteiger partial charge is 0.356 e. The van der Waals surface area contributed by atoms with Gasteiger partial charge in [-0.3, -0.25) is 4.99 Å². The van der Waals surface area contributed by atoms with Crippen LogP contribution in [0.1, 0.15) is 16.8 Å². The fourth-order valence-electron chi connectivity index (χ4n) is 2.87. The minimum Gasteiger partial charge on any atom is -0.356 e. The fraction of sp³-hybridized carbons (Fsp3) is 0.300. The summed E-state index contributed by atoms with van der Waals surface area (Å²) in [7, 11) is 1.73. The summed E-state index contributed by atoms with van der Waals surface area (Å²) in [5.41, 5.74) is 3.90. The summed E-state index contributed by atoms with van der Waals surface area (Å²) >= 11 is 0. The number of imidazole rings is 1. The molecule has 0 atom stereocenters. The Morgan fingerprint density at radius 2 is 1.85 bits per heavy atom. The lowest BCUT2D eigenvalue weighted by atomic mass is 10.1. The van der Waals surface area contributed by atoms with Gasteiger partial charge in [-0.15, -0.1) is 24.0 Å². The van der Waals surface area contributed by atoms with E-state index >= 15 is 0 Å². The number of hydrogen-bond acceptors (Lipinski definition) is 2. The molecule has 0 unspecified atom stereocenters. The minimum atomic E-state index is -0.167. The van der Waals surface area contributed by atoms with Crippen molar-refractivity contribution in [3.8, 4) is 0 Å². The Morgan fingerprint density at radius 3 is 2.56 bits per heavy atom. The Bertz CT molecular complexity index is 906. The highest BCUT2D eigenvalue weighted by Crippen LogP contribution is 2.10. The van der Waals surface area contributed by atoms with Crippen molar-refractivity contribution in [1.29, 1.82) is 0 Å². The van der Waals surface area contributed by atoms with Crippen molar-refractivity contribution in [2.75, 3.05) is 20.1 Å². The first-order valence-corrected chi connectivity index (χ1v) is 8.78. The summed E-state index contributed by atoms with van der Waals surface area (Å²) in [6, 6.07) is 10.9. The predicted octanol–water partition coefficient (Wildman–Crippen LogP) is 3.35. The van der Waals surface area contributed by atoms with Crippen molar-refractivity contribution in [3.05, 3.63) is 71.4 Å². The van der Waals surface area contributed by atoms with Gasteiger partial charge in [0.1, 0.15) is 11.5 Å². The van der Waals surface area contributed by atoms with Crippen molar-refractivity contribution in [2.45, 2.75) is 19.8 Å². The molecule has 0 fully saturated rings. The molecule has 2 N–H and O–H groups in total. The molecular formula is C20H25FIN5. The molecule has 0 aliphatic rings. The average Bonchev–Trinajstić information content (AvgIpc) is 3.06. The Morgan fingerprint density at radius 1 is 1.11 bits per heavy atom. The van der Waals surface area contributed by atoms with E-state index in [-0.39, 0.29) is 29.8 Å². The number of aryl methyl sites for hydroxylation is 1. The first kappa shape index (κ1) is 21.1. The molecule has 144 valence electrons. The van der Waals surface area contributed by atoms with Crippen LogP contribution in [0.5, 0.6) is 0 Å². The van der Waals surface area contributed by atoms with Gasteiger partial charge in [-0.25, -0.2) is 9.37 Å². The molecular weight excluding hydrogens is 456 g/mol. The molecule has 0 aliphatic heterocycles. The third-order valence-corrected chi connectivity index (χ3v) is 4.27. The van der Waals surface area contributed by atoms with Crippen LogP contribution in [0.15, 0.2) is 53.8 Å². The third-order valence-electron chi connectivity index (χ3n) is 4.27. The molecule has 2 aromatic heterocycles. The van der Waals surface area contributed by atoms with Crippen molar-refractivity contribution in [1.82, 2.24) is 20.0 Å². The van der Waals surface area contributed by atoms with E-state index in [1.165, 1.54) is 6.07 Å². The van der Waals surface area contributed by atoms with Gasteiger partial charge in [0.05, 0.1) is 5.69 Å². The van der Waals surface area contributed by atoms with Crippen molar-refractivity contribution in [3.63, 3.8) is 0 Å². The van der Waals surface area contributed by atoms with E-state index in [1.807, 2.05) is 22.7 Å². The van der Waals surface area contributed by atoms with Crippen molar-refractivity contribution >= 4 is 35.6 Å². The van der Waals surface area contributed by atoms with Crippen LogP contribution in [0.3, 0.4) is 0 Å². The number of rotatable bonds is 6. The molecule has 0 aliphatic carbocycles. The van der Waals surface area contributed by atoms with Gasteiger partial charge in [-0.1, -0.05) is 24.3 Å². The fourth-order valence-corrected chi connectivity index (χ4v) is 2.87. The molecule has 2 heterocycles. The van der Waals surface area contributed by atoms with Gasteiger partial charge in [0, 0.05) is 39.0 Å². The van der Waals surface area contributed by atoms with Gasteiger partial charge in [-0.2, -0.15) is 0 Å². The lowest BCUT2D eigenvalue weighted by Gasteiger charge is -2.11. The number of halogens is 2. The molecule has 0 saturated carbocycles. The first-order chi connectivity index (χ1) is 12.7. The molecule has 5 nitrogen and oxygen atoms in total. The van der Waals surface area contributed by atoms with Gasteiger partial charge in [0.2, 0.25) is 0 Å². The van der Waals surface area contributed by atoms with Crippen LogP contribution < -0.4 is 10.6 Å². The van der Waals surface area contributed by atoms with E-state index in [0.29, 0.717) is 24.5 Å². The van der Waals surface area contributed by atoms with Crippen LogP contribution >= 0.6 is 24.0 Å². The highest BCUT2D eigenvalue weighted by molar-refractivity contribution is 14.0. The lowest BCUT2D eigenvalue weighted by molar-refractivity contribution is 0.606. The van der Waals surface area contributed by atoms with E-state index in [2.05, 4.69) is 39.8 Å². The highest BCUT2D eigenvalue weighted by Gasteiger charge is 2.05. The zero-order valence-electron chi connectivity index (χ0n) is 15.6. The summed E-state index contributed by atoms with van der Waals surface area (Å²) in [5.74, 6) is 0.542. The smallest absolute Gasteiger partial charge is 0.190 e. The number of guanidine groups is 1. The van der Waals surface area contributed by atoms with Crippen LogP contribution in [-0.4, -0.2) is 35.5 Å². The number of fused-ring (bicyclic) bond motifs is 1. The number of nitrogens with one attached hydrogen (secondary N) is 2. The highest BCUT2D eigenvalue weighted by atomic mass is 127. The Kier molecular flexibility index (Phi) is 8.02. The molecule has 1 aromatic carbocycles. The molecule has 0 amide bonds. The second kappa shape index (κ2) is 10.2. The van der Waals surface area contributed by atoms with E-state index < -0.39 is 0 Å². The molecule has 0 bridgehead atoms. The summed E-state index contributed by atoms with van der Waals surface area (Å²) < 4.78 is 15.7. The monoisotopic (exact) mass is 481 g/mol. The topological polar surface area (TPSA) is 53.7 Å². The van der Waals surface area contributed by atoms with Crippen molar-refractivity contribution in [2.24, 2.45) is 4.99 Å². The summed E-state index contributed by atoms with van der Waals surface area (Å²) in [4.78, 5) is 8.87. The number of hydrogen-bond donors (Lipinski definition) is 2. The van der Waals surface area contributed by atoms with Crippen LogP contribution in [0, 0.1) is 12.7 Å². The average molecular weight is 481 g/mol. The Balaban J connectivity index is 0.00000261. The molecule has 27 heavy (non-hydrogen) atoms. The van der Waals surface area contributed by atoms with E-state index in [4.69, 9.17) is 0 Å². The van der Waals surface area contributed by atoms with Crippen LogP contribution in [-0.2, 0) is 12.8 Å². The zero-order valence-corrected chi connectivity index (χ0v) is 17.9. The predicted molar refractivity (Wildman–Crippen MR) is 119 cm³/mol. The standard InChI is InChI=1S/C20H24FN5.HI/c1-15-6-5-13-26-14-17(25-19(15)26)10-12-24-20(22-2)23-11-9-16-7-3-4-8-18(16)21;/h3-8,13-14H,9-12H2,1-2H3,(H2,22,23,24);1H. The van der Waals surface area contributed by atoms with Crippen LogP contribution in [0.4, 0.5) is 4.39 Å². The Hall–Kier alpha value is -2.16. The second-order valence-electron chi connectivity index (χ2n) is 6.17. The molecule has 0 saturated heterocycles. The van der Waals surface area contributed by atoms with Gasteiger partial charge >= 0.3 is 0 Å². The van der Waals surface area contributed by atoms with Gasteiger partial charge < -0.3 is 15.0 Å². The summed E-state index contributed by atoms with van der Waals surface area (Å²) in [6.07, 6.45) is 5.47. The van der Waals surface area contributed by atoms with Gasteiger partial charge in [-0.05, 0) is 36.6 Å². The maximum Gasteiger partial charge on any atom is 0.190 e. The zero-order chi connectivity index (χ0) is 18.4. The van der Waals surface area contributed by atoms with Gasteiger partial charge in [0.15, 0.2) is 5.96 Å². The molecule has 3 aromatic rings. The first-order valence-electron chi connectivity index (χ1n) is 8.78. The second-order valence-corrected chi connectivity index (χ2v) is 6.17. The Labute approximate surface area is 176 Å². The summed E-state index contributed by atoms with van der Waals surface area (Å²) in [5, 5.41) is 6.49. The maximum atomic E-state index is 13.6. The van der Waals surface area contributed by atoms with E-state index in [1.54, 1.807) is 19.2 Å². The normalized spacial score (nSPS) is 11.3. The van der Waals surface area contributed by atoms with Gasteiger partial charge in [0.25, 0.3) is 0 Å². The van der Waals surface area contributed by atoms with Crippen LogP contribution in [0.25, 0.3) is 5.65 Å². The van der Waals surface area contributed by atoms with Crippen LogP contribution in [0.2, 0.25) is 0 Å². The number of pyridine rings is 1. The number of aliphatic imine (C=N–C) groups is 1. The lowest BCUT2D eigenvalue weighted by Crippen LogP contribution is -2.39. The molecule has 3 rings (SSSR count). The maximum absolute atomic E-state index is 13.6.